The lowest BCUT2D eigenvalue weighted by atomic mass is 9.84. The lowest BCUT2D eigenvalue weighted by Crippen LogP contribution is -2.34. The molecule has 2 atom stereocenters. The first-order valence-corrected chi connectivity index (χ1v) is 8.18. The fraction of sp³-hybridized carbons (Fsp3) is 0.500. The van der Waals surface area contributed by atoms with Crippen molar-refractivity contribution >= 4 is 5.91 Å². The van der Waals surface area contributed by atoms with Gasteiger partial charge in [-0.1, -0.05) is 62.7 Å². The number of nitrogens with zero attached hydrogens (tertiary/aromatic N) is 3. The Morgan fingerprint density at radius 3 is 2.52 bits per heavy atom. The summed E-state index contributed by atoms with van der Waals surface area (Å²) in [4.78, 5) is 18.9. The molecule has 1 aromatic heterocycles. The molecule has 0 N–H and O–H groups in total. The lowest BCUT2D eigenvalue weighted by molar-refractivity contribution is -0.133. The van der Waals surface area contributed by atoms with Crippen LogP contribution in [0.25, 0.3) is 0 Å². The van der Waals surface area contributed by atoms with Gasteiger partial charge >= 0.3 is 0 Å². The summed E-state index contributed by atoms with van der Waals surface area (Å²) in [5, 5.41) is 3.88. The highest BCUT2D eigenvalue weighted by Crippen LogP contribution is 2.29. The third kappa shape index (κ3) is 4.18. The SMILES string of the molecule is CCc1noc(CN(C)C(=O)C(c2ccccc2)C(C)CC)n1. The first-order chi connectivity index (χ1) is 11.1. The van der Waals surface area contributed by atoms with Crippen LogP contribution in [0.4, 0.5) is 0 Å². The largest absolute Gasteiger partial charge is 0.337 e. The summed E-state index contributed by atoms with van der Waals surface area (Å²) in [5.74, 6) is 1.35. The topological polar surface area (TPSA) is 59.2 Å². The molecule has 0 aliphatic heterocycles. The molecule has 0 spiro atoms. The molecule has 0 aliphatic rings. The molecule has 5 heteroatoms. The summed E-state index contributed by atoms with van der Waals surface area (Å²) in [6.45, 7) is 6.54. The quantitative estimate of drug-likeness (QED) is 0.785. The van der Waals surface area contributed by atoms with E-state index in [1.165, 1.54) is 0 Å². The number of hydrogen-bond acceptors (Lipinski definition) is 4. The van der Waals surface area contributed by atoms with Crippen LogP contribution in [0.1, 0.15) is 50.4 Å². The average Bonchev–Trinajstić information content (AvgIpc) is 3.03. The standard InChI is InChI=1S/C18H25N3O2/c1-5-13(3)17(14-10-8-7-9-11-14)18(22)21(4)12-16-19-15(6-2)20-23-16/h7-11,13,17H,5-6,12H2,1-4H3. The number of likely N-dealkylation sites (N-methyl/N-ethyl adjacent to an activating group) is 1. The zero-order valence-corrected chi connectivity index (χ0v) is 14.3. The molecule has 0 aliphatic carbocycles. The third-order valence-corrected chi connectivity index (χ3v) is 4.21. The van der Waals surface area contributed by atoms with Gasteiger partial charge in [0.25, 0.3) is 0 Å². The van der Waals surface area contributed by atoms with Crippen LogP contribution in [0.15, 0.2) is 34.9 Å². The van der Waals surface area contributed by atoms with Crippen molar-refractivity contribution < 1.29 is 9.32 Å². The number of carbonyl (C=O) groups is 1. The highest BCUT2D eigenvalue weighted by molar-refractivity contribution is 5.83. The van der Waals surface area contributed by atoms with Gasteiger partial charge in [-0.25, -0.2) is 0 Å². The molecule has 0 fully saturated rings. The highest BCUT2D eigenvalue weighted by atomic mass is 16.5. The van der Waals surface area contributed by atoms with Crippen molar-refractivity contribution in [3.63, 3.8) is 0 Å². The molecule has 2 aromatic rings. The van der Waals surface area contributed by atoms with Crippen molar-refractivity contribution in [3.05, 3.63) is 47.6 Å². The van der Waals surface area contributed by atoms with Gasteiger partial charge in [0, 0.05) is 13.5 Å². The van der Waals surface area contributed by atoms with Crippen LogP contribution in [0.2, 0.25) is 0 Å². The predicted octanol–water partition coefficient (Wildman–Crippen LogP) is 3.42. The molecular weight excluding hydrogens is 290 g/mol. The van der Waals surface area contributed by atoms with Crippen LogP contribution in [-0.2, 0) is 17.8 Å². The zero-order chi connectivity index (χ0) is 16.8. The Balaban J connectivity index is 2.16. The van der Waals surface area contributed by atoms with E-state index >= 15 is 0 Å². The second-order valence-corrected chi connectivity index (χ2v) is 5.93. The van der Waals surface area contributed by atoms with Gasteiger partial charge in [-0.3, -0.25) is 4.79 Å². The summed E-state index contributed by atoms with van der Waals surface area (Å²) in [7, 11) is 1.79. The van der Waals surface area contributed by atoms with E-state index in [2.05, 4.69) is 24.0 Å². The molecule has 0 saturated carbocycles. The van der Waals surface area contributed by atoms with E-state index in [1.54, 1.807) is 11.9 Å². The Morgan fingerprint density at radius 1 is 1.26 bits per heavy atom. The van der Waals surface area contributed by atoms with E-state index in [1.807, 2.05) is 37.3 Å². The molecule has 124 valence electrons. The molecule has 1 heterocycles. The van der Waals surface area contributed by atoms with Crippen LogP contribution in [0.5, 0.6) is 0 Å². The first-order valence-electron chi connectivity index (χ1n) is 8.18. The monoisotopic (exact) mass is 315 g/mol. The third-order valence-electron chi connectivity index (χ3n) is 4.21. The van der Waals surface area contributed by atoms with E-state index in [0.29, 0.717) is 18.3 Å². The number of benzene rings is 1. The van der Waals surface area contributed by atoms with Crippen LogP contribution in [-0.4, -0.2) is 28.0 Å². The molecular formula is C18H25N3O2. The van der Waals surface area contributed by atoms with Crippen molar-refractivity contribution in [2.45, 2.75) is 46.1 Å². The average molecular weight is 315 g/mol. The van der Waals surface area contributed by atoms with Crippen molar-refractivity contribution in [3.8, 4) is 0 Å². The Kier molecular flexibility index (Phi) is 5.90. The normalized spacial score (nSPS) is 13.6. The van der Waals surface area contributed by atoms with E-state index in [0.717, 1.165) is 18.4 Å². The first kappa shape index (κ1) is 17.2. The van der Waals surface area contributed by atoms with Crippen LogP contribution >= 0.6 is 0 Å². The number of aromatic nitrogens is 2. The second-order valence-electron chi connectivity index (χ2n) is 5.93. The van der Waals surface area contributed by atoms with Crippen LogP contribution in [0.3, 0.4) is 0 Å². The predicted molar refractivity (Wildman–Crippen MR) is 88.8 cm³/mol. The lowest BCUT2D eigenvalue weighted by Gasteiger charge is -2.27. The minimum Gasteiger partial charge on any atom is -0.337 e. The molecule has 1 aromatic carbocycles. The van der Waals surface area contributed by atoms with Gasteiger partial charge in [0.05, 0.1) is 12.5 Å². The Bertz CT molecular complexity index is 624. The van der Waals surface area contributed by atoms with Gasteiger partial charge in [0.2, 0.25) is 11.8 Å². The van der Waals surface area contributed by atoms with Gasteiger partial charge < -0.3 is 9.42 Å². The summed E-state index contributed by atoms with van der Waals surface area (Å²) in [5.41, 5.74) is 1.05. The second kappa shape index (κ2) is 7.90. The van der Waals surface area contributed by atoms with Crippen molar-refractivity contribution in [2.24, 2.45) is 5.92 Å². The Labute approximate surface area is 137 Å². The van der Waals surface area contributed by atoms with Gasteiger partial charge in [0.1, 0.15) is 0 Å². The number of hydrogen-bond donors (Lipinski definition) is 0. The number of amides is 1. The van der Waals surface area contributed by atoms with E-state index in [9.17, 15) is 4.79 Å². The highest BCUT2D eigenvalue weighted by Gasteiger charge is 2.29. The van der Waals surface area contributed by atoms with Crippen molar-refractivity contribution in [2.75, 3.05) is 7.05 Å². The summed E-state index contributed by atoms with van der Waals surface area (Å²) >= 11 is 0. The zero-order valence-electron chi connectivity index (χ0n) is 14.3. The van der Waals surface area contributed by atoms with Gasteiger partial charge in [-0.15, -0.1) is 0 Å². The minimum atomic E-state index is -0.153. The molecule has 23 heavy (non-hydrogen) atoms. The van der Waals surface area contributed by atoms with E-state index in [-0.39, 0.29) is 17.7 Å². The van der Waals surface area contributed by atoms with Crippen molar-refractivity contribution in [1.29, 1.82) is 0 Å². The minimum absolute atomic E-state index is 0.0850. The van der Waals surface area contributed by atoms with E-state index < -0.39 is 0 Å². The Hall–Kier alpha value is -2.17. The van der Waals surface area contributed by atoms with E-state index in [4.69, 9.17) is 4.52 Å². The molecule has 0 saturated heterocycles. The Morgan fingerprint density at radius 2 is 1.96 bits per heavy atom. The van der Waals surface area contributed by atoms with Crippen molar-refractivity contribution in [1.82, 2.24) is 15.0 Å². The fourth-order valence-corrected chi connectivity index (χ4v) is 2.63. The number of aryl methyl sites for hydroxylation is 1. The molecule has 1 amide bonds. The fourth-order valence-electron chi connectivity index (χ4n) is 2.63. The summed E-state index contributed by atoms with van der Waals surface area (Å²) < 4.78 is 5.19. The number of rotatable bonds is 7. The molecule has 0 bridgehead atoms. The maximum absolute atomic E-state index is 13.0. The molecule has 2 unspecified atom stereocenters. The van der Waals surface area contributed by atoms with Crippen LogP contribution in [0, 0.1) is 5.92 Å². The number of carbonyl (C=O) groups excluding carboxylic acids is 1. The maximum atomic E-state index is 13.0. The summed E-state index contributed by atoms with van der Waals surface area (Å²) in [6.07, 6.45) is 1.67. The summed E-state index contributed by atoms with van der Waals surface area (Å²) in [6, 6.07) is 9.96. The molecule has 0 radical (unpaired) electrons. The van der Waals surface area contributed by atoms with Gasteiger partial charge in [-0.05, 0) is 11.5 Å². The van der Waals surface area contributed by atoms with Crippen LogP contribution < -0.4 is 0 Å². The molecule has 2 rings (SSSR count). The van der Waals surface area contributed by atoms with Gasteiger partial charge in [0.15, 0.2) is 5.82 Å². The smallest absolute Gasteiger partial charge is 0.246 e. The van der Waals surface area contributed by atoms with Gasteiger partial charge in [-0.2, -0.15) is 4.98 Å². The molecule has 5 nitrogen and oxygen atoms in total. The maximum Gasteiger partial charge on any atom is 0.246 e.